The maximum atomic E-state index is 12.5. The summed E-state index contributed by atoms with van der Waals surface area (Å²) < 4.78 is 12.2. The second-order valence-electron chi connectivity index (χ2n) is 7.15. The number of urea groups is 1. The Hall–Kier alpha value is -3.81. The van der Waals surface area contributed by atoms with E-state index in [1.165, 1.54) is 24.3 Å². The van der Waals surface area contributed by atoms with E-state index in [4.69, 9.17) is 9.47 Å². The highest BCUT2D eigenvalue weighted by Gasteiger charge is 2.47. The molecule has 4 rings (SSSR count). The fourth-order valence-corrected chi connectivity index (χ4v) is 3.52. The molecule has 2 aromatic heterocycles. The van der Waals surface area contributed by atoms with E-state index in [1.54, 1.807) is 31.2 Å². The number of carbonyl (C=O) groups excluding carboxylic acids is 2. The summed E-state index contributed by atoms with van der Waals surface area (Å²) in [6, 6.07) is 6.32. The van der Waals surface area contributed by atoms with Crippen LogP contribution in [-0.2, 0) is 9.53 Å². The molecule has 3 heterocycles. The van der Waals surface area contributed by atoms with Crippen LogP contribution in [0.1, 0.15) is 13.2 Å². The maximum Gasteiger partial charge on any atom is 0.325 e. The minimum absolute atomic E-state index is 0.111. The first-order chi connectivity index (χ1) is 15.9. The Labute approximate surface area is 187 Å². The molecule has 1 fully saturated rings. The van der Waals surface area contributed by atoms with E-state index in [0.717, 1.165) is 0 Å². The van der Waals surface area contributed by atoms with E-state index in [1.807, 2.05) is 0 Å². The van der Waals surface area contributed by atoms with Crippen LogP contribution in [0.4, 0.5) is 16.3 Å². The molecule has 1 aromatic carbocycles. The summed E-state index contributed by atoms with van der Waals surface area (Å²) in [5, 5.41) is 28.6. The second-order valence-corrected chi connectivity index (χ2v) is 7.15. The molecule has 1 aliphatic heterocycles. The molecule has 13 nitrogen and oxygen atoms in total. The Kier molecular flexibility index (Phi) is 6.35. The highest BCUT2D eigenvalue weighted by Crippen LogP contribution is 2.32. The molecular formula is C20H23N7O6. The summed E-state index contributed by atoms with van der Waals surface area (Å²) >= 11 is 0. The Balaban J connectivity index is 1.56. The van der Waals surface area contributed by atoms with Crippen LogP contribution in [0.2, 0.25) is 0 Å². The molecule has 0 bridgehead atoms. The standard InChI is InChI=1S/C20H23N7O6/c1-3-21-18(30)15-13(28)14(29)19(33-15)27-9-24-12-16(22-8-23-17(12)27)26-20(31)25-10-6-4-5-7-11(10)32-2/h4-9,13-15,19,28-29H,3H2,1-2H3,(H,21,30)(H2,22,23,25,26,31)/t13-,14+,15-,19+/m0/s1. The third kappa shape index (κ3) is 4.28. The van der Waals surface area contributed by atoms with Crippen molar-refractivity contribution in [2.24, 2.45) is 0 Å². The zero-order valence-corrected chi connectivity index (χ0v) is 17.8. The molecule has 0 saturated carbocycles. The van der Waals surface area contributed by atoms with Gasteiger partial charge < -0.3 is 30.3 Å². The topological polar surface area (TPSA) is 173 Å². The number of carbonyl (C=O) groups is 2. The first-order valence-electron chi connectivity index (χ1n) is 10.1. The molecule has 1 saturated heterocycles. The van der Waals surface area contributed by atoms with E-state index in [2.05, 4.69) is 30.9 Å². The largest absolute Gasteiger partial charge is 0.495 e. The highest BCUT2D eigenvalue weighted by molar-refractivity contribution is 6.03. The van der Waals surface area contributed by atoms with Gasteiger partial charge in [0.25, 0.3) is 5.91 Å². The lowest BCUT2D eigenvalue weighted by Crippen LogP contribution is -2.42. The summed E-state index contributed by atoms with van der Waals surface area (Å²) in [4.78, 5) is 37.1. The van der Waals surface area contributed by atoms with Gasteiger partial charge in [-0.1, -0.05) is 12.1 Å². The fourth-order valence-electron chi connectivity index (χ4n) is 3.52. The number of hydrogen-bond acceptors (Lipinski definition) is 9. The molecule has 33 heavy (non-hydrogen) atoms. The van der Waals surface area contributed by atoms with Gasteiger partial charge in [-0.3, -0.25) is 14.7 Å². The number of fused-ring (bicyclic) bond motifs is 1. The van der Waals surface area contributed by atoms with Crippen LogP contribution in [0.3, 0.4) is 0 Å². The number of aromatic nitrogens is 4. The number of amides is 3. The molecule has 0 unspecified atom stereocenters. The minimum Gasteiger partial charge on any atom is -0.495 e. The van der Waals surface area contributed by atoms with E-state index in [-0.39, 0.29) is 17.0 Å². The Bertz CT molecular complexity index is 1170. The Morgan fingerprint density at radius 2 is 1.94 bits per heavy atom. The van der Waals surface area contributed by atoms with Crippen molar-refractivity contribution < 1.29 is 29.3 Å². The van der Waals surface area contributed by atoms with Gasteiger partial charge in [0.15, 0.2) is 29.3 Å². The molecule has 5 N–H and O–H groups in total. The molecular weight excluding hydrogens is 434 g/mol. The number of nitrogens with zero attached hydrogens (tertiary/aromatic N) is 4. The van der Waals surface area contributed by atoms with Crippen molar-refractivity contribution in [3.63, 3.8) is 0 Å². The number of imidazole rings is 1. The van der Waals surface area contributed by atoms with Gasteiger partial charge in [0.2, 0.25) is 0 Å². The molecule has 174 valence electrons. The van der Waals surface area contributed by atoms with Gasteiger partial charge in [0.1, 0.15) is 24.3 Å². The first kappa shape index (κ1) is 22.4. The van der Waals surface area contributed by atoms with Crippen molar-refractivity contribution in [1.29, 1.82) is 0 Å². The summed E-state index contributed by atoms with van der Waals surface area (Å²) in [5.41, 5.74) is 0.908. The van der Waals surface area contributed by atoms with Crippen LogP contribution >= 0.6 is 0 Å². The van der Waals surface area contributed by atoms with E-state index in [0.29, 0.717) is 18.0 Å². The second kappa shape index (κ2) is 9.36. The van der Waals surface area contributed by atoms with Crippen LogP contribution < -0.4 is 20.7 Å². The number of methoxy groups -OCH3 is 1. The van der Waals surface area contributed by atoms with E-state index < -0.39 is 36.5 Å². The fraction of sp³-hybridized carbons (Fsp3) is 0.350. The average Bonchev–Trinajstić information content (AvgIpc) is 3.36. The number of rotatable bonds is 6. The molecule has 0 spiro atoms. The number of aliphatic hydroxyl groups excluding tert-OH is 2. The van der Waals surface area contributed by atoms with Crippen molar-refractivity contribution >= 4 is 34.6 Å². The predicted octanol–water partition coefficient (Wildman–Crippen LogP) is 0.234. The number of likely N-dealkylation sites (N-methyl/N-ethyl adjacent to an activating group) is 1. The number of para-hydroxylation sites is 2. The Morgan fingerprint density at radius 3 is 2.70 bits per heavy atom. The van der Waals surface area contributed by atoms with Crippen molar-refractivity contribution in [3.05, 3.63) is 36.9 Å². The van der Waals surface area contributed by atoms with Crippen molar-refractivity contribution in [2.75, 3.05) is 24.3 Å². The number of hydrogen-bond donors (Lipinski definition) is 5. The van der Waals surface area contributed by atoms with Crippen LogP contribution in [-0.4, -0.2) is 73.6 Å². The van der Waals surface area contributed by atoms with Crippen molar-refractivity contribution in [1.82, 2.24) is 24.8 Å². The van der Waals surface area contributed by atoms with Crippen LogP contribution in [0.25, 0.3) is 11.2 Å². The number of aliphatic hydroxyl groups is 2. The summed E-state index contributed by atoms with van der Waals surface area (Å²) in [6.45, 7) is 2.07. The normalized spacial score (nSPS) is 22.2. The predicted molar refractivity (Wildman–Crippen MR) is 116 cm³/mol. The molecule has 4 atom stereocenters. The number of anilines is 2. The van der Waals surface area contributed by atoms with Gasteiger partial charge in [-0.05, 0) is 19.1 Å². The van der Waals surface area contributed by atoms with Gasteiger partial charge in [-0.25, -0.2) is 19.7 Å². The number of ether oxygens (including phenoxy) is 2. The lowest BCUT2D eigenvalue weighted by molar-refractivity contribution is -0.137. The first-order valence-corrected chi connectivity index (χ1v) is 10.1. The van der Waals surface area contributed by atoms with Gasteiger partial charge >= 0.3 is 6.03 Å². The van der Waals surface area contributed by atoms with Gasteiger partial charge in [0, 0.05) is 6.54 Å². The zero-order valence-electron chi connectivity index (χ0n) is 17.8. The SMILES string of the molecule is CCNC(=O)[C@H]1O[C@@H](n2cnc3c(NC(=O)Nc4ccccc4OC)ncnc32)[C@H](O)[C@@H]1O. The number of nitrogens with one attached hydrogen (secondary N) is 3. The minimum atomic E-state index is -1.44. The van der Waals surface area contributed by atoms with E-state index >= 15 is 0 Å². The van der Waals surface area contributed by atoms with Gasteiger partial charge in [0.05, 0.1) is 19.1 Å². The maximum absolute atomic E-state index is 12.5. The summed E-state index contributed by atoms with van der Waals surface area (Å²) in [5.74, 6) is 0.0535. The van der Waals surface area contributed by atoms with Crippen LogP contribution in [0.15, 0.2) is 36.9 Å². The lowest BCUT2D eigenvalue weighted by Gasteiger charge is -2.16. The van der Waals surface area contributed by atoms with Gasteiger partial charge in [-0.2, -0.15) is 0 Å². The Morgan fingerprint density at radius 1 is 1.15 bits per heavy atom. The molecule has 3 amide bonds. The molecule has 13 heteroatoms. The molecule has 0 aliphatic carbocycles. The summed E-state index contributed by atoms with van der Waals surface area (Å²) in [7, 11) is 1.49. The number of benzene rings is 1. The lowest BCUT2D eigenvalue weighted by atomic mass is 10.1. The highest BCUT2D eigenvalue weighted by atomic mass is 16.6. The average molecular weight is 457 g/mol. The zero-order chi connectivity index (χ0) is 23.5. The smallest absolute Gasteiger partial charge is 0.325 e. The van der Waals surface area contributed by atoms with E-state index in [9.17, 15) is 19.8 Å². The van der Waals surface area contributed by atoms with Crippen molar-refractivity contribution in [2.45, 2.75) is 31.5 Å². The molecule has 3 aromatic rings. The third-order valence-electron chi connectivity index (χ3n) is 5.07. The third-order valence-corrected chi connectivity index (χ3v) is 5.07. The monoisotopic (exact) mass is 457 g/mol. The summed E-state index contributed by atoms with van der Waals surface area (Å²) in [6.07, 6.45) is -2.70. The van der Waals surface area contributed by atoms with Crippen LogP contribution in [0, 0.1) is 0 Å². The quantitative estimate of drug-likeness (QED) is 0.347. The molecule has 1 aliphatic rings. The van der Waals surface area contributed by atoms with Gasteiger partial charge in [-0.15, -0.1) is 0 Å². The van der Waals surface area contributed by atoms with Crippen molar-refractivity contribution in [3.8, 4) is 5.75 Å². The molecule has 0 radical (unpaired) electrons. The van der Waals surface area contributed by atoms with Crippen LogP contribution in [0.5, 0.6) is 5.75 Å².